The normalized spacial score (nSPS) is 23.4. The third kappa shape index (κ3) is 4.11. The summed E-state index contributed by atoms with van der Waals surface area (Å²) in [5.74, 6) is 0.476. The van der Waals surface area contributed by atoms with Crippen molar-refractivity contribution in [3.63, 3.8) is 0 Å². The van der Waals surface area contributed by atoms with E-state index in [1.165, 1.54) is 11.9 Å². The van der Waals surface area contributed by atoms with Crippen LogP contribution in [0.5, 0.6) is 0 Å². The summed E-state index contributed by atoms with van der Waals surface area (Å²) in [6.45, 7) is 4.79. The van der Waals surface area contributed by atoms with Crippen LogP contribution in [0.1, 0.15) is 19.8 Å². The van der Waals surface area contributed by atoms with Gasteiger partial charge in [-0.2, -0.15) is 0 Å². The minimum atomic E-state index is -0.212. The molecule has 150 valence electrons. The van der Waals surface area contributed by atoms with Gasteiger partial charge < -0.3 is 21.7 Å². The first-order valence-electron chi connectivity index (χ1n) is 9.57. The van der Waals surface area contributed by atoms with Crippen LogP contribution in [0.2, 0.25) is 0 Å². The molecule has 0 bridgehead atoms. The summed E-state index contributed by atoms with van der Waals surface area (Å²) in [6.07, 6.45) is 8.89. The Labute approximate surface area is 165 Å². The Morgan fingerprint density at radius 2 is 2.11 bits per heavy atom. The highest BCUT2D eigenvalue weighted by molar-refractivity contribution is 6.18. The second kappa shape index (κ2) is 8.33. The Hall–Kier alpha value is -3.03. The summed E-state index contributed by atoms with van der Waals surface area (Å²) in [5, 5.41) is 3.13. The predicted octanol–water partition coefficient (Wildman–Crippen LogP) is 0.214. The van der Waals surface area contributed by atoms with Crippen LogP contribution in [0.3, 0.4) is 0 Å². The lowest BCUT2D eigenvalue weighted by Crippen LogP contribution is -2.38. The van der Waals surface area contributed by atoms with Gasteiger partial charge in [-0.1, -0.05) is 13.0 Å². The molecule has 8 heteroatoms. The van der Waals surface area contributed by atoms with Gasteiger partial charge in [0.05, 0.1) is 5.82 Å². The van der Waals surface area contributed by atoms with E-state index in [1.807, 2.05) is 4.90 Å². The molecule has 0 aliphatic carbocycles. The molecule has 1 atom stereocenters. The monoisotopic (exact) mass is 384 g/mol. The van der Waals surface area contributed by atoms with Gasteiger partial charge >= 0.3 is 0 Å². The molecule has 3 rings (SSSR count). The van der Waals surface area contributed by atoms with E-state index in [9.17, 15) is 9.59 Å². The first-order chi connectivity index (χ1) is 13.4. The quantitative estimate of drug-likeness (QED) is 0.445. The van der Waals surface area contributed by atoms with Gasteiger partial charge in [-0.3, -0.25) is 19.5 Å². The van der Waals surface area contributed by atoms with Gasteiger partial charge in [0.15, 0.2) is 0 Å². The Morgan fingerprint density at radius 3 is 2.86 bits per heavy atom. The van der Waals surface area contributed by atoms with Crippen LogP contribution in [0.15, 0.2) is 51.6 Å². The molecule has 5 N–H and O–H groups in total. The van der Waals surface area contributed by atoms with Gasteiger partial charge in [0.2, 0.25) is 0 Å². The largest absolute Gasteiger partial charge is 0.398 e. The number of nitrogens with one attached hydrogen (secondary N) is 1. The van der Waals surface area contributed by atoms with Gasteiger partial charge in [0, 0.05) is 56.3 Å². The van der Waals surface area contributed by atoms with Crippen LogP contribution in [-0.2, 0) is 9.59 Å². The number of nitrogens with two attached hydrogens (primary N) is 2. The maximum absolute atomic E-state index is 12.3. The first kappa shape index (κ1) is 19.7. The van der Waals surface area contributed by atoms with Gasteiger partial charge in [-0.15, -0.1) is 0 Å². The van der Waals surface area contributed by atoms with E-state index in [0.717, 1.165) is 25.1 Å². The van der Waals surface area contributed by atoms with Crippen molar-refractivity contribution in [3.8, 4) is 0 Å². The van der Waals surface area contributed by atoms with E-state index in [2.05, 4.69) is 23.3 Å². The fourth-order valence-electron chi connectivity index (χ4n) is 3.58. The van der Waals surface area contributed by atoms with Crippen LogP contribution >= 0.6 is 0 Å². The van der Waals surface area contributed by atoms with E-state index < -0.39 is 0 Å². The number of rotatable bonds is 6. The Balaban J connectivity index is 1.55. The predicted molar refractivity (Wildman–Crippen MR) is 109 cm³/mol. The molecule has 3 aliphatic heterocycles. The van der Waals surface area contributed by atoms with Crippen LogP contribution in [-0.4, -0.2) is 61.1 Å². The van der Waals surface area contributed by atoms with Crippen molar-refractivity contribution < 1.29 is 9.59 Å². The fourth-order valence-corrected chi connectivity index (χ4v) is 3.58. The zero-order chi connectivity index (χ0) is 20.3. The molecule has 0 saturated carbocycles. The molecular weight excluding hydrogens is 356 g/mol. The second-order valence-electron chi connectivity index (χ2n) is 7.35. The van der Waals surface area contributed by atoms with Crippen molar-refractivity contribution in [3.05, 3.63) is 46.6 Å². The number of aliphatic imine (C=N–C) groups is 1. The Kier molecular flexibility index (Phi) is 5.87. The SMILES string of the molecule is CC1C=C(/C(N)=C/C=C(\N)NCCN2CCCC3=C2C(=O)N(C)C3=O)C=NC1. The summed E-state index contributed by atoms with van der Waals surface area (Å²) < 4.78 is 0. The zero-order valence-electron chi connectivity index (χ0n) is 16.4. The number of nitrogens with zero attached hydrogens (tertiary/aromatic N) is 3. The number of hydrogen-bond acceptors (Lipinski definition) is 7. The van der Waals surface area contributed by atoms with Gasteiger partial charge in [0.1, 0.15) is 5.70 Å². The van der Waals surface area contributed by atoms with Crippen molar-refractivity contribution in [1.82, 2.24) is 15.1 Å². The van der Waals surface area contributed by atoms with Gasteiger partial charge in [0.25, 0.3) is 11.8 Å². The maximum atomic E-state index is 12.3. The van der Waals surface area contributed by atoms with Crippen molar-refractivity contribution in [2.24, 2.45) is 22.4 Å². The second-order valence-corrected chi connectivity index (χ2v) is 7.35. The lowest BCUT2D eigenvalue weighted by atomic mass is 10.0. The molecule has 28 heavy (non-hydrogen) atoms. The summed E-state index contributed by atoms with van der Waals surface area (Å²) in [5.41, 5.74) is 14.8. The number of imide groups is 1. The average Bonchev–Trinajstić information content (AvgIpc) is 2.91. The number of likely N-dealkylation sites (N-methyl/N-ethyl adjacent to an activating group) is 1. The minimum absolute atomic E-state index is 0.174. The highest BCUT2D eigenvalue weighted by atomic mass is 16.2. The number of carbonyl (C=O) groups excluding carboxylic acids is 2. The minimum Gasteiger partial charge on any atom is -0.398 e. The third-order valence-electron chi connectivity index (χ3n) is 5.10. The molecule has 0 aromatic heterocycles. The molecule has 2 amide bonds. The fraction of sp³-hybridized carbons (Fsp3) is 0.450. The van der Waals surface area contributed by atoms with E-state index in [4.69, 9.17) is 11.5 Å². The molecule has 0 fully saturated rings. The molecule has 1 unspecified atom stereocenters. The van der Waals surface area contributed by atoms with Crippen LogP contribution in [0.25, 0.3) is 0 Å². The van der Waals surface area contributed by atoms with Crippen LogP contribution < -0.4 is 16.8 Å². The Bertz CT molecular complexity index is 821. The lowest BCUT2D eigenvalue weighted by molar-refractivity contribution is -0.136. The smallest absolute Gasteiger partial charge is 0.277 e. The first-order valence-corrected chi connectivity index (χ1v) is 9.57. The molecular formula is C20H28N6O2. The van der Waals surface area contributed by atoms with Crippen LogP contribution in [0.4, 0.5) is 0 Å². The average molecular weight is 384 g/mol. The molecule has 0 spiro atoms. The molecule has 0 aromatic carbocycles. The molecule has 8 nitrogen and oxygen atoms in total. The van der Waals surface area contributed by atoms with Crippen molar-refractivity contribution in [2.45, 2.75) is 19.8 Å². The number of amides is 2. The van der Waals surface area contributed by atoms with E-state index in [-0.39, 0.29) is 11.8 Å². The summed E-state index contributed by atoms with van der Waals surface area (Å²) >= 11 is 0. The number of carbonyl (C=O) groups is 2. The number of allylic oxidation sites excluding steroid dienone is 3. The molecule has 3 heterocycles. The van der Waals surface area contributed by atoms with Crippen molar-refractivity contribution in [2.75, 3.05) is 33.2 Å². The van der Waals surface area contributed by atoms with Crippen molar-refractivity contribution >= 4 is 18.0 Å². The summed E-state index contributed by atoms with van der Waals surface area (Å²) in [4.78, 5) is 31.9. The third-order valence-corrected chi connectivity index (χ3v) is 5.10. The topological polar surface area (TPSA) is 117 Å². The zero-order valence-corrected chi connectivity index (χ0v) is 16.4. The standard InChI is InChI=1S/C20H28N6O2/c1-13-10-14(12-23-11-13)16(21)5-6-17(22)24-7-9-26-8-3-4-15-18(26)20(28)25(2)19(15)27/h5-6,10,12-13,24H,3-4,7-9,11,21-22H2,1-2H3/b16-5-,17-6+. The highest BCUT2D eigenvalue weighted by Crippen LogP contribution is 2.30. The maximum Gasteiger partial charge on any atom is 0.277 e. The van der Waals surface area contributed by atoms with Gasteiger partial charge in [-0.25, -0.2) is 0 Å². The number of hydrogen-bond donors (Lipinski definition) is 3. The summed E-state index contributed by atoms with van der Waals surface area (Å²) in [6, 6.07) is 0. The molecule has 0 radical (unpaired) electrons. The van der Waals surface area contributed by atoms with Crippen molar-refractivity contribution in [1.29, 1.82) is 0 Å². The molecule has 0 aromatic rings. The van der Waals surface area contributed by atoms with Gasteiger partial charge in [-0.05, 0) is 30.9 Å². The van der Waals surface area contributed by atoms with E-state index in [0.29, 0.717) is 48.2 Å². The number of dihydropyridines is 1. The molecule has 3 aliphatic rings. The highest BCUT2D eigenvalue weighted by Gasteiger charge is 2.39. The lowest BCUT2D eigenvalue weighted by Gasteiger charge is -2.29. The van der Waals surface area contributed by atoms with E-state index >= 15 is 0 Å². The Morgan fingerprint density at radius 1 is 1.32 bits per heavy atom. The van der Waals surface area contributed by atoms with Crippen LogP contribution in [0, 0.1) is 5.92 Å². The molecule has 0 saturated heterocycles. The summed E-state index contributed by atoms with van der Waals surface area (Å²) in [7, 11) is 1.53. The van der Waals surface area contributed by atoms with E-state index in [1.54, 1.807) is 18.4 Å².